The van der Waals surface area contributed by atoms with E-state index < -0.39 is 0 Å². The van der Waals surface area contributed by atoms with Gasteiger partial charge in [0.05, 0.1) is 6.20 Å². The molecule has 0 bridgehead atoms. The van der Waals surface area contributed by atoms with E-state index in [9.17, 15) is 4.79 Å². The number of nitrogens with two attached hydrogens (primary N) is 1. The van der Waals surface area contributed by atoms with Gasteiger partial charge in [0, 0.05) is 11.3 Å². The van der Waals surface area contributed by atoms with Crippen LogP contribution in [0.25, 0.3) is 0 Å². The Morgan fingerprint density at radius 1 is 1.39 bits per heavy atom. The number of oxime groups is 1. The zero-order valence-electron chi connectivity index (χ0n) is 9.16. The predicted octanol–water partition coefficient (Wildman–Crippen LogP) is 0.151. The van der Waals surface area contributed by atoms with Crippen LogP contribution in [0, 0.1) is 0 Å². The van der Waals surface area contributed by atoms with Crippen LogP contribution >= 0.6 is 0 Å². The maximum Gasteiger partial charge on any atom is 0.277 e. The summed E-state index contributed by atoms with van der Waals surface area (Å²) < 4.78 is 0. The molecule has 1 aromatic heterocycles. The molecule has 1 aromatic carbocycles. The van der Waals surface area contributed by atoms with Crippen LogP contribution in [0.15, 0.2) is 35.6 Å². The van der Waals surface area contributed by atoms with Gasteiger partial charge in [-0.2, -0.15) is 15.4 Å². The summed E-state index contributed by atoms with van der Waals surface area (Å²) in [5.74, 6) is -0.371. The zero-order chi connectivity index (χ0) is 13.0. The Labute approximate surface area is 101 Å². The number of aromatic nitrogens is 3. The number of anilines is 1. The van der Waals surface area contributed by atoms with Gasteiger partial charge in [-0.25, -0.2) is 0 Å². The lowest BCUT2D eigenvalue weighted by atomic mass is 10.2. The van der Waals surface area contributed by atoms with Crippen LogP contribution in [0.4, 0.5) is 5.69 Å². The van der Waals surface area contributed by atoms with Gasteiger partial charge in [-0.05, 0) is 24.3 Å². The van der Waals surface area contributed by atoms with Gasteiger partial charge in [-0.15, -0.1) is 0 Å². The number of H-pyrrole nitrogens is 1. The van der Waals surface area contributed by atoms with Crippen LogP contribution in [0.1, 0.15) is 16.1 Å². The minimum Gasteiger partial charge on any atom is -0.409 e. The first-order valence-corrected chi connectivity index (χ1v) is 4.96. The van der Waals surface area contributed by atoms with Crippen molar-refractivity contribution in [1.29, 1.82) is 0 Å². The highest BCUT2D eigenvalue weighted by Gasteiger charge is 2.08. The Hall–Kier alpha value is -2.90. The smallest absolute Gasteiger partial charge is 0.277 e. The fourth-order valence-corrected chi connectivity index (χ4v) is 1.29. The molecule has 0 radical (unpaired) electrons. The standard InChI is InChI=1S/C10H10N6O2/c11-9(15-18)6-1-3-7(4-2-6)13-10(17)8-5-12-16-14-8/h1-5,18H,(H2,11,15)(H,13,17)(H,12,14,16). The summed E-state index contributed by atoms with van der Waals surface area (Å²) >= 11 is 0. The normalized spacial score (nSPS) is 11.2. The van der Waals surface area contributed by atoms with Crippen molar-refractivity contribution in [2.24, 2.45) is 10.9 Å². The molecule has 5 N–H and O–H groups in total. The molecule has 1 heterocycles. The second-order valence-electron chi connectivity index (χ2n) is 3.37. The summed E-state index contributed by atoms with van der Waals surface area (Å²) in [7, 11) is 0. The van der Waals surface area contributed by atoms with Crippen molar-refractivity contribution in [2.75, 3.05) is 5.32 Å². The van der Waals surface area contributed by atoms with E-state index in [4.69, 9.17) is 10.9 Å². The summed E-state index contributed by atoms with van der Waals surface area (Å²) in [5, 5.41) is 23.5. The van der Waals surface area contributed by atoms with Gasteiger partial charge in [0.15, 0.2) is 11.5 Å². The lowest BCUT2D eigenvalue weighted by molar-refractivity contribution is 0.102. The van der Waals surface area contributed by atoms with Gasteiger partial charge < -0.3 is 16.3 Å². The first kappa shape index (κ1) is 11.6. The summed E-state index contributed by atoms with van der Waals surface area (Å²) in [5.41, 5.74) is 6.72. The lowest BCUT2D eigenvalue weighted by Gasteiger charge is -2.04. The summed E-state index contributed by atoms with van der Waals surface area (Å²) in [6.07, 6.45) is 1.32. The van der Waals surface area contributed by atoms with E-state index in [1.54, 1.807) is 24.3 Å². The van der Waals surface area contributed by atoms with Crippen molar-refractivity contribution < 1.29 is 10.0 Å². The summed E-state index contributed by atoms with van der Waals surface area (Å²) in [4.78, 5) is 11.6. The lowest BCUT2D eigenvalue weighted by Crippen LogP contribution is -2.14. The fourth-order valence-electron chi connectivity index (χ4n) is 1.29. The molecule has 0 aliphatic rings. The fraction of sp³-hybridized carbons (Fsp3) is 0. The van der Waals surface area contributed by atoms with Crippen LogP contribution in [0.3, 0.4) is 0 Å². The minimum absolute atomic E-state index is 0.00405. The number of benzene rings is 1. The number of amidine groups is 1. The van der Waals surface area contributed by atoms with Crippen molar-refractivity contribution in [3.8, 4) is 0 Å². The van der Waals surface area contributed by atoms with Crippen molar-refractivity contribution in [3.63, 3.8) is 0 Å². The molecular formula is C10H10N6O2. The van der Waals surface area contributed by atoms with Gasteiger partial charge in [0.2, 0.25) is 0 Å². The molecule has 0 saturated carbocycles. The number of rotatable bonds is 3. The predicted molar refractivity (Wildman–Crippen MR) is 63.3 cm³/mol. The quantitative estimate of drug-likeness (QED) is 0.265. The van der Waals surface area contributed by atoms with Crippen LogP contribution in [0.2, 0.25) is 0 Å². The third-order valence-corrected chi connectivity index (χ3v) is 2.19. The van der Waals surface area contributed by atoms with E-state index in [0.717, 1.165) is 0 Å². The van der Waals surface area contributed by atoms with Gasteiger partial charge in [-0.1, -0.05) is 5.16 Å². The second-order valence-corrected chi connectivity index (χ2v) is 3.37. The van der Waals surface area contributed by atoms with Crippen molar-refractivity contribution in [1.82, 2.24) is 15.4 Å². The highest BCUT2D eigenvalue weighted by atomic mass is 16.4. The van der Waals surface area contributed by atoms with Gasteiger partial charge >= 0.3 is 0 Å². The summed E-state index contributed by atoms with van der Waals surface area (Å²) in [6.45, 7) is 0. The van der Waals surface area contributed by atoms with E-state index in [0.29, 0.717) is 11.3 Å². The molecule has 0 aliphatic carbocycles. The van der Waals surface area contributed by atoms with Gasteiger partial charge in [-0.3, -0.25) is 4.79 Å². The van der Waals surface area contributed by atoms with E-state index in [-0.39, 0.29) is 17.4 Å². The highest BCUT2D eigenvalue weighted by molar-refractivity contribution is 6.03. The van der Waals surface area contributed by atoms with Crippen LogP contribution in [-0.2, 0) is 0 Å². The van der Waals surface area contributed by atoms with E-state index in [1.807, 2.05) is 0 Å². The number of amides is 1. The van der Waals surface area contributed by atoms with Gasteiger partial charge in [0.25, 0.3) is 5.91 Å². The van der Waals surface area contributed by atoms with Crippen LogP contribution in [-0.4, -0.2) is 32.4 Å². The molecule has 0 fully saturated rings. The Morgan fingerprint density at radius 3 is 2.67 bits per heavy atom. The molecule has 0 spiro atoms. The number of nitrogens with one attached hydrogen (secondary N) is 2. The SMILES string of the molecule is NC(=NO)c1ccc(NC(=O)c2cn[nH]n2)cc1. The molecule has 2 aromatic rings. The third-order valence-electron chi connectivity index (χ3n) is 2.19. The van der Waals surface area contributed by atoms with Gasteiger partial charge in [0.1, 0.15) is 0 Å². The number of carbonyl (C=O) groups is 1. The largest absolute Gasteiger partial charge is 0.409 e. The van der Waals surface area contributed by atoms with Crippen LogP contribution in [0.5, 0.6) is 0 Å². The molecule has 0 atom stereocenters. The first-order chi connectivity index (χ1) is 8.70. The van der Waals surface area contributed by atoms with Crippen molar-refractivity contribution in [3.05, 3.63) is 41.7 Å². The number of aromatic amines is 1. The Kier molecular flexibility index (Phi) is 3.19. The summed E-state index contributed by atoms with van der Waals surface area (Å²) in [6, 6.07) is 6.50. The van der Waals surface area contributed by atoms with E-state index in [2.05, 4.69) is 25.9 Å². The van der Waals surface area contributed by atoms with E-state index in [1.165, 1.54) is 6.20 Å². The molecular weight excluding hydrogens is 236 g/mol. The average molecular weight is 246 g/mol. The molecule has 0 aliphatic heterocycles. The maximum absolute atomic E-state index is 11.6. The van der Waals surface area contributed by atoms with Crippen LogP contribution < -0.4 is 11.1 Å². The number of hydrogen-bond acceptors (Lipinski definition) is 5. The maximum atomic E-state index is 11.6. The Balaban J connectivity index is 2.09. The second kappa shape index (κ2) is 4.95. The minimum atomic E-state index is -0.375. The number of carbonyl (C=O) groups excluding carboxylic acids is 1. The van der Waals surface area contributed by atoms with Crippen molar-refractivity contribution in [2.45, 2.75) is 0 Å². The Morgan fingerprint density at radius 2 is 2.11 bits per heavy atom. The first-order valence-electron chi connectivity index (χ1n) is 4.96. The molecule has 8 nitrogen and oxygen atoms in total. The van der Waals surface area contributed by atoms with Crippen molar-refractivity contribution >= 4 is 17.4 Å². The molecule has 8 heteroatoms. The topological polar surface area (TPSA) is 129 Å². The highest BCUT2D eigenvalue weighted by Crippen LogP contribution is 2.10. The molecule has 2 rings (SSSR count). The Bertz CT molecular complexity index is 561. The third kappa shape index (κ3) is 2.43. The number of hydrogen-bond donors (Lipinski definition) is 4. The monoisotopic (exact) mass is 246 g/mol. The molecule has 92 valence electrons. The molecule has 0 saturated heterocycles. The average Bonchev–Trinajstić information content (AvgIpc) is 2.92. The zero-order valence-corrected chi connectivity index (χ0v) is 9.16. The van der Waals surface area contributed by atoms with E-state index >= 15 is 0 Å². The molecule has 1 amide bonds. The molecule has 0 unspecified atom stereocenters. The molecule has 18 heavy (non-hydrogen) atoms. The number of nitrogens with zero attached hydrogens (tertiary/aromatic N) is 3.